The molecule has 0 saturated carbocycles. The van der Waals surface area contributed by atoms with E-state index in [2.05, 4.69) is 26.1 Å². The number of hydrogen-bond donors (Lipinski definition) is 1. The molecule has 0 spiro atoms. The second kappa shape index (κ2) is 6.96. The van der Waals surface area contributed by atoms with Gasteiger partial charge in [-0.25, -0.2) is 4.68 Å². The van der Waals surface area contributed by atoms with Crippen molar-refractivity contribution in [3.63, 3.8) is 0 Å². The molecular formula is C21H22ClN3O. The highest BCUT2D eigenvalue weighted by Gasteiger charge is 2.21. The molecule has 3 aromatic rings. The maximum atomic E-state index is 12.7. The molecular weight excluding hydrogens is 346 g/mol. The van der Waals surface area contributed by atoms with Crippen molar-refractivity contribution in [2.24, 2.45) is 0 Å². The number of nitrogens with zero attached hydrogens (tertiary/aromatic N) is 2. The van der Waals surface area contributed by atoms with Gasteiger partial charge in [0, 0.05) is 22.1 Å². The van der Waals surface area contributed by atoms with Crippen LogP contribution >= 0.6 is 11.6 Å². The zero-order valence-corrected chi connectivity index (χ0v) is 16.1. The van der Waals surface area contributed by atoms with Gasteiger partial charge in [0.05, 0.1) is 11.4 Å². The summed E-state index contributed by atoms with van der Waals surface area (Å²) in [4.78, 5) is 12.7. The maximum absolute atomic E-state index is 12.7. The molecule has 1 N–H and O–H groups in total. The molecule has 0 bridgehead atoms. The molecule has 1 aromatic heterocycles. The normalized spacial score (nSPS) is 11.4. The Morgan fingerprint density at radius 3 is 2.38 bits per heavy atom. The minimum Gasteiger partial charge on any atom is -0.306 e. The summed E-state index contributed by atoms with van der Waals surface area (Å²) in [6, 6.07) is 16.8. The summed E-state index contributed by atoms with van der Waals surface area (Å²) in [6.45, 7) is 8.32. The van der Waals surface area contributed by atoms with Crippen LogP contribution in [0.4, 0.5) is 5.82 Å². The first-order valence-corrected chi connectivity index (χ1v) is 8.86. The second-order valence-corrected chi connectivity index (χ2v) is 7.81. The van der Waals surface area contributed by atoms with Gasteiger partial charge in [-0.15, -0.1) is 0 Å². The molecule has 5 heteroatoms. The lowest BCUT2D eigenvalue weighted by Gasteiger charge is -2.14. The summed E-state index contributed by atoms with van der Waals surface area (Å²) in [7, 11) is 0. The van der Waals surface area contributed by atoms with Crippen LogP contribution in [0.3, 0.4) is 0 Å². The van der Waals surface area contributed by atoms with Gasteiger partial charge < -0.3 is 5.32 Å². The van der Waals surface area contributed by atoms with Crippen molar-refractivity contribution in [1.82, 2.24) is 9.78 Å². The van der Waals surface area contributed by atoms with E-state index in [1.807, 2.05) is 37.3 Å². The minimum absolute atomic E-state index is 0.133. The monoisotopic (exact) mass is 367 g/mol. The summed E-state index contributed by atoms with van der Waals surface area (Å²) in [5.74, 6) is 0.407. The van der Waals surface area contributed by atoms with Crippen LogP contribution < -0.4 is 5.32 Å². The van der Waals surface area contributed by atoms with Crippen LogP contribution in [-0.2, 0) is 5.41 Å². The number of carbonyl (C=O) groups is 1. The van der Waals surface area contributed by atoms with Gasteiger partial charge >= 0.3 is 0 Å². The Labute approximate surface area is 158 Å². The van der Waals surface area contributed by atoms with Crippen LogP contribution in [0.5, 0.6) is 0 Å². The number of amides is 1. The predicted molar refractivity (Wildman–Crippen MR) is 106 cm³/mol. The molecule has 0 radical (unpaired) electrons. The Bertz CT molecular complexity index is 937. The number of hydrogen-bond acceptors (Lipinski definition) is 2. The standard InChI is InChI=1S/C21H22ClN3O/c1-14-8-10-17(11-9-14)25-19(13-18(24-25)21(2,3)4)23-20(26)15-6-5-7-16(22)12-15/h5-13H,1-4H3,(H,23,26). The highest BCUT2D eigenvalue weighted by atomic mass is 35.5. The molecule has 26 heavy (non-hydrogen) atoms. The van der Waals surface area contributed by atoms with Crippen molar-refractivity contribution in [2.75, 3.05) is 5.32 Å². The summed E-state index contributed by atoms with van der Waals surface area (Å²) in [5, 5.41) is 8.21. The molecule has 0 aliphatic heterocycles. The van der Waals surface area contributed by atoms with Crippen LogP contribution in [-0.4, -0.2) is 15.7 Å². The van der Waals surface area contributed by atoms with Gasteiger partial charge in [-0.2, -0.15) is 5.10 Å². The molecule has 0 aliphatic rings. The molecule has 1 heterocycles. The second-order valence-electron chi connectivity index (χ2n) is 7.38. The summed E-state index contributed by atoms with van der Waals surface area (Å²) in [5.41, 5.74) is 3.34. The Hall–Kier alpha value is -2.59. The van der Waals surface area contributed by atoms with Gasteiger partial charge in [-0.05, 0) is 37.3 Å². The molecule has 4 nitrogen and oxygen atoms in total. The maximum Gasteiger partial charge on any atom is 0.256 e. The van der Waals surface area contributed by atoms with Crippen molar-refractivity contribution in [2.45, 2.75) is 33.1 Å². The molecule has 0 aliphatic carbocycles. The van der Waals surface area contributed by atoms with E-state index in [1.54, 1.807) is 28.9 Å². The Balaban J connectivity index is 2.00. The van der Waals surface area contributed by atoms with E-state index in [-0.39, 0.29) is 11.3 Å². The SMILES string of the molecule is Cc1ccc(-n2nc(C(C)(C)C)cc2NC(=O)c2cccc(Cl)c2)cc1. The molecule has 0 atom stereocenters. The molecule has 134 valence electrons. The van der Waals surface area contributed by atoms with E-state index < -0.39 is 0 Å². The van der Waals surface area contributed by atoms with Crippen LogP contribution in [0, 0.1) is 6.92 Å². The number of carbonyl (C=O) groups excluding carboxylic acids is 1. The molecule has 0 unspecified atom stereocenters. The third-order valence-electron chi connectivity index (χ3n) is 4.08. The first-order valence-electron chi connectivity index (χ1n) is 8.48. The van der Waals surface area contributed by atoms with E-state index in [0.717, 1.165) is 11.4 Å². The Morgan fingerprint density at radius 2 is 1.77 bits per heavy atom. The third-order valence-corrected chi connectivity index (χ3v) is 4.32. The number of aromatic nitrogens is 2. The van der Waals surface area contributed by atoms with Crippen molar-refractivity contribution >= 4 is 23.3 Å². The van der Waals surface area contributed by atoms with Gasteiger partial charge in [0.1, 0.15) is 5.82 Å². The van der Waals surface area contributed by atoms with E-state index in [4.69, 9.17) is 16.7 Å². The van der Waals surface area contributed by atoms with Crippen molar-refractivity contribution in [3.8, 4) is 5.69 Å². The largest absolute Gasteiger partial charge is 0.306 e. The first-order chi connectivity index (χ1) is 12.2. The number of anilines is 1. The van der Waals surface area contributed by atoms with E-state index >= 15 is 0 Å². The van der Waals surface area contributed by atoms with Crippen molar-refractivity contribution < 1.29 is 4.79 Å². The topological polar surface area (TPSA) is 46.9 Å². The smallest absolute Gasteiger partial charge is 0.256 e. The molecule has 1 amide bonds. The summed E-state index contributed by atoms with van der Waals surface area (Å²) >= 11 is 6.00. The van der Waals surface area contributed by atoms with Gasteiger partial charge in [-0.3, -0.25) is 4.79 Å². The summed E-state index contributed by atoms with van der Waals surface area (Å²) in [6.07, 6.45) is 0. The molecule has 2 aromatic carbocycles. The quantitative estimate of drug-likeness (QED) is 0.675. The predicted octanol–water partition coefficient (Wildman–Crippen LogP) is 5.38. The lowest BCUT2D eigenvalue weighted by Crippen LogP contribution is -2.15. The van der Waals surface area contributed by atoms with Gasteiger partial charge in [0.15, 0.2) is 0 Å². The van der Waals surface area contributed by atoms with Crippen molar-refractivity contribution in [3.05, 3.63) is 76.4 Å². The average molecular weight is 368 g/mol. The number of rotatable bonds is 3. The number of halogens is 1. The Morgan fingerprint density at radius 1 is 1.08 bits per heavy atom. The van der Waals surface area contributed by atoms with Crippen LogP contribution in [0.2, 0.25) is 5.02 Å². The Kier molecular flexibility index (Phi) is 4.88. The van der Waals surface area contributed by atoms with Gasteiger partial charge in [-0.1, -0.05) is 56.1 Å². The fraction of sp³-hybridized carbons (Fsp3) is 0.238. The molecule has 0 fully saturated rings. The third kappa shape index (κ3) is 3.97. The lowest BCUT2D eigenvalue weighted by atomic mass is 9.92. The first kappa shape index (κ1) is 18.2. The zero-order chi connectivity index (χ0) is 18.9. The highest BCUT2D eigenvalue weighted by molar-refractivity contribution is 6.31. The molecule has 3 rings (SSSR count). The minimum atomic E-state index is -0.221. The van der Waals surface area contributed by atoms with E-state index in [1.165, 1.54) is 5.56 Å². The van der Waals surface area contributed by atoms with E-state index in [0.29, 0.717) is 16.4 Å². The average Bonchev–Trinajstić information content (AvgIpc) is 2.99. The molecule has 0 saturated heterocycles. The van der Waals surface area contributed by atoms with Gasteiger partial charge in [0.25, 0.3) is 5.91 Å². The van der Waals surface area contributed by atoms with Crippen LogP contribution in [0.25, 0.3) is 5.69 Å². The highest BCUT2D eigenvalue weighted by Crippen LogP contribution is 2.27. The summed E-state index contributed by atoms with van der Waals surface area (Å²) < 4.78 is 1.77. The number of nitrogens with one attached hydrogen (secondary N) is 1. The van der Waals surface area contributed by atoms with E-state index in [9.17, 15) is 4.79 Å². The lowest BCUT2D eigenvalue weighted by molar-refractivity contribution is 0.102. The zero-order valence-electron chi connectivity index (χ0n) is 15.4. The van der Waals surface area contributed by atoms with Gasteiger partial charge in [0.2, 0.25) is 0 Å². The van der Waals surface area contributed by atoms with Crippen molar-refractivity contribution in [1.29, 1.82) is 0 Å². The fourth-order valence-electron chi connectivity index (χ4n) is 2.54. The number of aryl methyl sites for hydroxylation is 1. The van der Waals surface area contributed by atoms with Crippen LogP contribution in [0.15, 0.2) is 54.6 Å². The fourth-order valence-corrected chi connectivity index (χ4v) is 2.73. The van der Waals surface area contributed by atoms with Crippen LogP contribution in [0.1, 0.15) is 42.4 Å². The number of benzene rings is 2.